The van der Waals surface area contributed by atoms with Crippen molar-refractivity contribution in [3.05, 3.63) is 28.2 Å². The number of hydrogen-bond donors (Lipinski definition) is 4. The molecule has 1 atom stereocenters. The van der Waals surface area contributed by atoms with Crippen LogP contribution < -0.4 is 11.1 Å². The Morgan fingerprint density at radius 1 is 1.50 bits per heavy atom. The summed E-state index contributed by atoms with van der Waals surface area (Å²) in [5.74, 6) is -0.254. The van der Waals surface area contributed by atoms with Crippen LogP contribution in [0.4, 0.5) is 0 Å². The molecule has 0 saturated carbocycles. The quantitative estimate of drug-likeness (QED) is 0.303. The summed E-state index contributed by atoms with van der Waals surface area (Å²) in [6, 6.07) is 4.63. The van der Waals surface area contributed by atoms with Crippen LogP contribution >= 0.6 is 15.9 Å². The first-order chi connectivity index (χ1) is 10.5. The van der Waals surface area contributed by atoms with Gasteiger partial charge >= 0.3 is 0 Å². The van der Waals surface area contributed by atoms with Gasteiger partial charge in [-0.15, -0.1) is 0 Å². The zero-order valence-corrected chi connectivity index (χ0v) is 14.1. The van der Waals surface area contributed by atoms with Gasteiger partial charge in [-0.1, -0.05) is 31.0 Å². The van der Waals surface area contributed by atoms with E-state index in [0.29, 0.717) is 23.0 Å². The average molecular weight is 372 g/mol. The second-order valence-electron chi connectivity index (χ2n) is 5.11. The fraction of sp³-hybridized carbons (Fsp3) is 0.467. The third kappa shape index (κ3) is 6.03. The molecule has 0 fully saturated rings. The van der Waals surface area contributed by atoms with E-state index in [2.05, 4.69) is 26.4 Å². The fourth-order valence-corrected chi connectivity index (χ4v) is 2.45. The first-order valence-electron chi connectivity index (χ1n) is 7.17. The molecule has 122 valence electrons. The molecule has 0 bridgehead atoms. The van der Waals surface area contributed by atoms with E-state index in [4.69, 9.17) is 10.9 Å². The van der Waals surface area contributed by atoms with Crippen molar-refractivity contribution in [2.45, 2.75) is 38.6 Å². The predicted octanol–water partition coefficient (Wildman–Crippen LogP) is 2.16. The minimum absolute atomic E-state index is 0.151. The van der Waals surface area contributed by atoms with Crippen LogP contribution in [0.25, 0.3) is 0 Å². The number of nitrogens with zero attached hydrogens (tertiary/aromatic N) is 1. The maximum absolute atomic E-state index is 11.4. The summed E-state index contributed by atoms with van der Waals surface area (Å²) >= 11 is 3.24. The highest BCUT2D eigenvalue weighted by molar-refractivity contribution is 9.10. The molecule has 7 heteroatoms. The molecule has 0 aliphatic rings. The molecule has 0 aliphatic heterocycles. The lowest BCUT2D eigenvalue weighted by Crippen LogP contribution is -2.43. The van der Waals surface area contributed by atoms with E-state index in [9.17, 15) is 9.90 Å². The van der Waals surface area contributed by atoms with Gasteiger partial charge in [-0.05, 0) is 40.0 Å². The first kappa shape index (κ1) is 18.4. The number of oxime groups is 1. The van der Waals surface area contributed by atoms with Crippen LogP contribution in [0.3, 0.4) is 0 Å². The molecule has 0 spiro atoms. The monoisotopic (exact) mass is 371 g/mol. The molecule has 22 heavy (non-hydrogen) atoms. The van der Waals surface area contributed by atoms with Crippen molar-refractivity contribution >= 4 is 27.5 Å². The molecular weight excluding hydrogens is 350 g/mol. The van der Waals surface area contributed by atoms with E-state index in [1.807, 2.05) is 6.92 Å². The molecule has 0 radical (unpaired) electrons. The summed E-state index contributed by atoms with van der Waals surface area (Å²) < 4.78 is 0.577. The van der Waals surface area contributed by atoms with Crippen LogP contribution in [0.2, 0.25) is 0 Å². The predicted molar refractivity (Wildman–Crippen MR) is 89.2 cm³/mol. The summed E-state index contributed by atoms with van der Waals surface area (Å²) in [6.45, 7) is 2.31. The summed E-state index contributed by atoms with van der Waals surface area (Å²) in [4.78, 5) is 11.4. The van der Waals surface area contributed by atoms with Gasteiger partial charge in [-0.3, -0.25) is 4.79 Å². The Morgan fingerprint density at radius 2 is 2.23 bits per heavy atom. The number of primary amides is 1. The molecule has 1 unspecified atom stereocenters. The van der Waals surface area contributed by atoms with E-state index in [1.54, 1.807) is 18.2 Å². The van der Waals surface area contributed by atoms with Crippen molar-refractivity contribution in [2.75, 3.05) is 6.54 Å². The summed E-state index contributed by atoms with van der Waals surface area (Å²) in [5, 5.41) is 24.9. The first-order valence-corrected chi connectivity index (χ1v) is 7.97. The summed E-state index contributed by atoms with van der Waals surface area (Å²) in [5.41, 5.74) is 6.72. The van der Waals surface area contributed by atoms with Crippen molar-refractivity contribution in [3.8, 4) is 5.75 Å². The number of carbonyl (C=O) groups excluding carboxylic acids is 1. The Hall–Kier alpha value is -1.60. The topological polar surface area (TPSA) is 108 Å². The van der Waals surface area contributed by atoms with Gasteiger partial charge in [0.1, 0.15) is 5.75 Å². The number of amides is 1. The molecule has 0 saturated heterocycles. The van der Waals surface area contributed by atoms with Crippen molar-refractivity contribution in [1.29, 1.82) is 0 Å². The molecule has 0 heterocycles. The third-order valence-corrected chi connectivity index (χ3v) is 3.94. The van der Waals surface area contributed by atoms with Crippen LogP contribution in [0.5, 0.6) is 5.75 Å². The van der Waals surface area contributed by atoms with E-state index >= 15 is 0 Å². The highest BCUT2D eigenvalue weighted by Crippen LogP contribution is 2.24. The molecule has 0 aromatic heterocycles. The van der Waals surface area contributed by atoms with Gasteiger partial charge in [-0.2, -0.15) is 0 Å². The maximum atomic E-state index is 11.4. The highest BCUT2D eigenvalue weighted by Gasteiger charge is 2.15. The van der Waals surface area contributed by atoms with Gasteiger partial charge in [0.25, 0.3) is 0 Å². The molecule has 0 aliphatic carbocycles. The van der Waals surface area contributed by atoms with Crippen molar-refractivity contribution in [1.82, 2.24) is 5.32 Å². The number of nitrogens with two attached hydrogens (primary N) is 1. The number of phenols is 1. The molecular formula is C15H22BrN3O3. The third-order valence-electron chi connectivity index (χ3n) is 3.30. The number of benzene rings is 1. The van der Waals surface area contributed by atoms with Crippen LogP contribution in [0.15, 0.2) is 27.8 Å². The lowest BCUT2D eigenvalue weighted by Gasteiger charge is -2.15. The van der Waals surface area contributed by atoms with E-state index in [1.165, 1.54) is 0 Å². The smallest absolute Gasteiger partial charge is 0.234 e. The van der Waals surface area contributed by atoms with E-state index in [-0.39, 0.29) is 12.3 Å². The van der Waals surface area contributed by atoms with Gasteiger partial charge in [0.15, 0.2) is 0 Å². The number of aromatic hydroxyl groups is 1. The number of carbonyl (C=O) groups is 1. The zero-order chi connectivity index (χ0) is 16.5. The Bertz CT molecular complexity index is 535. The van der Waals surface area contributed by atoms with Crippen LogP contribution in [0.1, 0.15) is 31.7 Å². The Kier molecular flexibility index (Phi) is 7.90. The second-order valence-corrected chi connectivity index (χ2v) is 5.96. The maximum Gasteiger partial charge on any atom is 0.234 e. The van der Waals surface area contributed by atoms with Crippen LogP contribution in [0, 0.1) is 0 Å². The molecule has 6 nitrogen and oxygen atoms in total. The van der Waals surface area contributed by atoms with Gasteiger partial charge in [-0.25, -0.2) is 0 Å². The van der Waals surface area contributed by atoms with Crippen molar-refractivity contribution in [2.24, 2.45) is 10.9 Å². The number of halogens is 1. The molecule has 5 N–H and O–H groups in total. The van der Waals surface area contributed by atoms with Gasteiger partial charge in [0.05, 0.1) is 16.2 Å². The SMILES string of the molecule is CCCCC(NCC(Cc1ccc(O)c(Br)c1)=NO)C(N)=O. The van der Waals surface area contributed by atoms with E-state index < -0.39 is 11.9 Å². The van der Waals surface area contributed by atoms with Crippen molar-refractivity contribution < 1.29 is 15.1 Å². The van der Waals surface area contributed by atoms with Crippen LogP contribution in [-0.4, -0.2) is 34.5 Å². The van der Waals surface area contributed by atoms with Gasteiger partial charge in [0, 0.05) is 13.0 Å². The second kappa shape index (κ2) is 9.42. The average Bonchev–Trinajstić information content (AvgIpc) is 2.49. The zero-order valence-electron chi connectivity index (χ0n) is 12.6. The fourth-order valence-electron chi connectivity index (χ4n) is 2.02. The number of rotatable bonds is 9. The van der Waals surface area contributed by atoms with Gasteiger partial charge in [0.2, 0.25) is 5.91 Å². The van der Waals surface area contributed by atoms with Crippen LogP contribution in [-0.2, 0) is 11.2 Å². The standard InChI is InChI=1S/C15H22BrN3O3/c1-2-3-4-13(15(17)21)18-9-11(19-22)7-10-5-6-14(20)12(16)8-10/h5-6,8,13,18,20,22H,2-4,7,9H2,1H3,(H2,17,21). The Labute approximate surface area is 138 Å². The minimum atomic E-state index is -0.428. The number of phenolic OH excluding ortho intramolecular Hbond substituents is 1. The largest absolute Gasteiger partial charge is 0.507 e. The molecule has 1 aromatic carbocycles. The van der Waals surface area contributed by atoms with Crippen molar-refractivity contribution in [3.63, 3.8) is 0 Å². The lowest BCUT2D eigenvalue weighted by atomic mass is 10.1. The molecule has 1 aromatic rings. The number of nitrogens with one attached hydrogen (secondary N) is 1. The Morgan fingerprint density at radius 3 is 2.77 bits per heavy atom. The van der Waals surface area contributed by atoms with E-state index in [0.717, 1.165) is 18.4 Å². The highest BCUT2D eigenvalue weighted by atomic mass is 79.9. The number of unbranched alkanes of at least 4 members (excludes halogenated alkanes) is 1. The van der Waals surface area contributed by atoms with Gasteiger partial charge < -0.3 is 21.4 Å². The lowest BCUT2D eigenvalue weighted by molar-refractivity contribution is -0.120. The number of hydrogen-bond acceptors (Lipinski definition) is 5. The summed E-state index contributed by atoms with van der Waals surface area (Å²) in [7, 11) is 0. The molecule has 1 amide bonds. The normalized spacial score (nSPS) is 13.1. The summed E-state index contributed by atoms with van der Waals surface area (Å²) in [6.07, 6.45) is 2.95. The molecule has 1 rings (SSSR count). The minimum Gasteiger partial charge on any atom is -0.507 e. The Balaban J connectivity index is 2.61.